The van der Waals surface area contributed by atoms with Crippen LogP contribution in [0.2, 0.25) is 0 Å². The van der Waals surface area contributed by atoms with Crippen molar-refractivity contribution >= 4 is 0 Å². The van der Waals surface area contributed by atoms with Crippen LogP contribution in [0.1, 0.15) is 36.1 Å². The van der Waals surface area contributed by atoms with Crippen molar-refractivity contribution in [2.24, 2.45) is 0 Å². The summed E-state index contributed by atoms with van der Waals surface area (Å²) in [5.41, 5.74) is -3.78. The van der Waals surface area contributed by atoms with E-state index < -0.39 is 40.4 Å². The van der Waals surface area contributed by atoms with Crippen molar-refractivity contribution in [1.29, 1.82) is 0 Å². The van der Waals surface area contributed by atoms with E-state index in [9.17, 15) is 35.1 Å². The Bertz CT molecular complexity index is 603. The van der Waals surface area contributed by atoms with Gasteiger partial charge in [-0.25, -0.2) is 0 Å². The molecule has 1 aliphatic rings. The number of rotatable bonds is 2. The maximum atomic E-state index is 13.9. The van der Waals surface area contributed by atoms with Gasteiger partial charge in [0.15, 0.2) is 0 Å². The summed E-state index contributed by atoms with van der Waals surface area (Å²) >= 11 is 0. The van der Waals surface area contributed by atoms with Crippen LogP contribution in [0.3, 0.4) is 0 Å². The zero-order valence-corrected chi connectivity index (χ0v) is 11.6. The quantitative estimate of drug-likeness (QED) is 0.647. The van der Waals surface area contributed by atoms with Gasteiger partial charge in [0.1, 0.15) is 0 Å². The third-order valence-electron chi connectivity index (χ3n) is 3.90. The first-order valence-corrected chi connectivity index (χ1v) is 6.54. The molecular formula is C14H12F8. The molecule has 22 heavy (non-hydrogen) atoms. The van der Waals surface area contributed by atoms with Crippen LogP contribution >= 0.6 is 0 Å². The molecule has 0 aromatic heterocycles. The summed E-state index contributed by atoms with van der Waals surface area (Å²) in [6.07, 6.45) is -0.145. The highest BCUT2D eigenvalue weighted by Gasteiger charge is 2.85. The molecule has 0 nitrogen and oxygen atoms in total. The van der Waals surface area contributed by atoms with Crippen LogP contribution in [-0.4, -0.2) is 11.8 Å². The van der Waals surface area contributed by atoms with Crippen molar-refractivity contribution in [3.8, 4) is 0 Å². The summed E-state index contributed by atoms with van der Waals surface area (Å²) in [5, 5.41) is 0. The zero-order valence-electron chi connectivity index (χ0n) is 11.6. The number of aryl methyl sites for hydroxylation is 2. The highest BCUT2D eigenvalue weighted by molar-refractivity contribution is 5.49. The van der Waals surface area contributed by atoms with Crippen molar-refractivity contribution in [3.05, 3.63) is 34.4 Å². The first-order valence-electron chi connectivity index (χ1n) is 6.54. The van der Waals surface area contributed by atoms with E-state index in [0.717, 1.165) is 6.07 Å². The molecule has 0 saturated carbocycles. The minimum Gasteiger partial charge on any atom is -0.194 e. The molecule has 0 saturated heterocycles. The van der Waals surface area contributed by atoms with Crippen LogP contribution in [0.15, 0.2) is 12.1 Å². The SMILES string of the molecule is CCc1cc(CC)c2c(c1)C(F)(F)C(F)(F)C(F)(F)C2(F)F. The summed E-state index contributed by atoms with van der Waals surface area (Å²) in [6, 6.07) is 1.54. The Morgan fingerprint density at radius 3 is 1.68 bits per heavy atom. The van der Waals surface area contributed by atoms with Crippen molar-refractivity contribution in [1.82, 2.24) is 0 Å². The average molecular weight is 332 g/mol. The van der Waals surface area contributed by atoms with Crippen molar-refractivity contribution in [2.45, 2.75) is 50.4 Å². The van der Waals surface area contributed by atoms with Gasteiger partial charge in [-0.1, -0.05) is 19.9 Å². The lowest BCUT2D eigenvalue weighted by atomic mass is 9.76. The minimum atomic E-state index is -6.19. The summed E-state index contributed by atoms with van der Waals surface area (Å²) in [6.45, 7) is 2.81. The van der Waals surface area contributed by atoms with Crippen molar-refractivity contribution in [3.63, 3.8) is 0 Å². The van der Waals surface area contributed by atoms with E-state index in [0.29, 0.717) is 6.07 Å². The van der Waals surface area contributed by atoms with Crippen LogP contribution in [-0.2, 0) is 24.7 Å². The molecule has 0 N–H and O–H groups in total. The number of hydrogen-bond donors (Lipinski definition) is 0. The van der Waals surface area contributed by atoms with Crippen LogP contribution in [0.5, 0.6) is 0 Å². The van der Waals surface area contributed by atoms with Crippen LogP contribution in [0.25, 0.3) is 0 Å². The monoisotopic (exact) mass is 332 g/mol. The predicted molar refractivity (Wildman–Crippen MR) is 62.9 cm³/mol. The smallest absolute Gasteiger partial charge is 0.194 e. The second kappa shape index (κ2) is 4.58. The average Bonchev–Trinajstić information content (AvgIpc) is 2.43. The normalized spacial score (nSPS) is 23.9. The Morgan fingerprint density at radius 1 is 0.727 bits per heavy atom. The van der Waals surface area contributed by atoms with E-state index in [1.165, 1.54) is 13.8 Å². The van der Waals surface area contributed by atoms with Crippen molar-refractivity contribution < 1.29 is 35.1 Å². The summed E-state index contributed by atoms with van der Waals surface area (Å²) < 4.78 is 109. The van der Waals surface area contributed by atoms with E-state index in [-0.39, 0.29) is 18.4 Å². The Kier molecular flexibility index (Phi) is 3.54. The fraction of sp³-hybridized carbons (Fsp3) is 0.571. The molecule has 0 unspecified atom stereocenters. The molecule has 0 aliphatic heterocycles. The van der Waals surface area contributed by atoms with Gasteiger partial charge >= 0.3 is 23.7 Å². The Labute approximate surface area is 121 Å². The van der Waals surface area contributed by atoms with Crippen LogP contribution in [0, 0.1) is 0 Å². The fourth-order valence-electron chi connectivity index (χ4n) is 2.59. The van der Waals surface area contributed by atoms with Gasteiger partial charge in [0, 0.05) is 11.1 Å². The highest BCUT2D eigenvalue weighted by Crippen LogP contribution is 2.65. The number of hydrogen-bond acceptors (Lipinski definition) is 0. The number of halogens is 8. The number of benzene rings is 1. The van der Waals surface area contributed by atoms with Gasteiger partial charge in [0.25, 0.3) is 0 Å². The molecule has 124 valence electrons. The van der Waals surface area contributed by atoms with Crippen LogP contribution in [0.4, 0.5) is 35.1 Å². The Morgan fingerprint density at radius 2 is 1.23 bits per heavy atom. The van der Waals surface area contributed by atoms with E-state index in [1.54, 1.807) is 0 Å². The molecule has 0 amide bonds. The molecule has 1 aromatic rings. The molecule has 0 radical (unpaired) electrons. The number of fused-ring (bicyclic) bond motifs is 1. The highest BCUT2D eigenvalue weighted by atomic mass is 19.4. The van der Waals surface area contributed by atoms with Gasteiger partial charge < -0.3 is 0 Å². The van der Waals surface area contributed by atoms with Crippen molar-refractivity contribution in [2.75, 3.05) is 0 Å². The van der Waals surface area contributed by atoms with Gasteiger partial charge in [-0.15, -0.1) is 0 Å². The summed E-state index contributed by atoms with van der Waals surface area (Å²) in [4.78, 5) is 0. The molecule has 1 aromatic carbocycles. The van der Waals surface area contributed by atoms with Gasteiger partial charge in [-0.05, 0) is 30.0 Å². The molecule has 0 heterocycles. The van der Waals surface area contributed by atoms with Gasteiger partial charge in [-0.2, -0.15) is 35.1 Å². The molecular weight excluding hydrogens is 320 g/mol. The van der Waals surface area contributed by atoms with Gasteiger partial charge in [0.05, 0.1) is 0 Å². The minimum absolute atomic E-state index is 0.104. The largest absolute Gasteiger partial charge is 0.382 e. The number of alkyl halides is 8. The van der Waals surface area contributed by atoms with Gasteiger partial charge in [-0.3, -0.25) is 0 Å². The molecule has 2 rings (SSSR count). The van der Waals surface area contributed by atoms with E-state index in [1.807, 2.05) is 0 Å². The van der Waals surface area contributed by atoms with E-state index in [2.05, 4.69) is 0 Å². The molecule has 0 atom stereocenters. The van der Waals surface area contributed by atoms with Gasteiger partial charge in [0.2, 0.25) is 0 Å². The molecule has 0 fully saturated rings. The summed E-state index contributed by atoms with van der Waals surface area (Å²) in [7, 11) is 0. The second-order valence-electron chi connectivity index (χ2n) is 5.18. The molecule has 1 aliphatic carbocycles. The van der Waals surface area contributed by atoms with Crippen LogP contribution < -0.4 is 0 Å². The maximum absolute atomic E-state index is 13.9. The molecule has 8 heteroatoms. The second-order valence-corrected chi connectivity index (χ2v) is 5.18. The zero-order chi connectivity index (χ0) is 17.1. The topological polar surface area (TPSA) is 0 Å². The predicted octanol–water partition coefficient (Wildman–Crippen LogP) is 5.28. The standard InChI is InChI=1S/C14H12F8/c1-3-7-5-8(4-2)10-9(6-7)11(15,16)13(19,20)14(21,22)12(10,17)18/h5-6H,3-4H2,1-2H3. The molecule has 0 bridgehead atoms. The lowest BCUT2D eigenvalue weighted by Gasteiger charge is -2.43. The van der Waals surface area contributed by atoms with E-state index in [4.69, 9.17) is 0 Å². The first kappa shape index (κ1) is 17.0. The fourth-order valence-corrected chi connectivity index (χ4v) is 2.59. The maximum Gasteiger partial charge on any atom is 0.382 e. The first-order chi connectivity index (χ1) is 9.86. The molecule has 0 spiro atoms. The lowest BCUT2D eigenvalue weighted by molar-refractivity contribution is -0.386. The Hall–Kier alpha value is -1.34. The summed E-state index contributed by atoms with van der Waals surface area (Å²) in [5.74, 6) is -23.1. The Balaban J connectivity index is 2.96. The third-order valence-corrected chi connectivity index (χ3v) is 3.90. The lowest BCUT2D eigenvalue weighted by Crippen LogP contribution is -2.64. The van der Waals surface area contributed by atoms with E-state index >= 15 is 0 Å². The third kappa shape index (κ3) is 1.75.